The van der Waals surface area contributed by atoms with E-state index < -0.39 is 21.9 Å². The number of benzene rings is 1. The Morgan fingerprint density at radius 2 is 1.75 bits per heavy atom. The standard InChI is InChI=1S/C14H21NO4S/c1-5-15(9-12(4)14(16)17)20(18,19)13-7-10(2)6-11(3)8-13/h6-8,12H,5,9H2,1-4H3,(H,16,17). The summed E-state index contributed by atoms with van der Waals surface area (Å²) in [4.78, 5) is 11.1. The van der Waals surface area contributed by atoms with Gasteiger partial charge in [-0.05, 0) is 37.1 Å². The molecule has 112 valence electrons. The minimum atomic E-state index is -3.65. The predicted molar refractivity (Wildman–Crippen MR) is 77.1 cm³/mol. The summed E-state index contributed by atoms with van der Waals surface area (Å²) >= 11 is 0. The van der Waals surface area contributed by atoms with Crippen LogP contribution in [0.2, 0.25) is 0 Å². The second kappa shape index (κ2) is 6.37. The van der Waals surface area contributed by atoms with Crippen molar-refractivity contribution in [2.45, 2.75) is 32.6 Å². The lowest BCUT2D eigenvalue weighted by Crippen LogP contribution is -2.36. The van der Waals surface area contributed by atoms with Gasteiger partial charge in [-0.3, -0.25) is 4.79 Å². The van der Waals surface area contributed by atoms with Crippen molar-refractivity contribution < 1.29 is 18.3 Å². The Labute approximate surface area is 120 Å². The highest BCUT2D eigenvalue weighted by molar-refractivity contribution is 7.89. The molecule has 0 bridgehead atoms. The van der Waals surface area contributed by atoms with E-state index >= 15 is 0 Å². The smallest absolute Gasteiger partial charge is 0.307 e. The Kier molecular flexibility index (Phi) is 5.30. The molecule has 1 rings (SSSR count). The number of carbonyl (C=O) groups is 1. The van der Waals surface area contributed by atoms with Crippen molar-refractivity contribution in [2.24, 2.45) is 5.92 Å². The average Bonchev–Trinajstić information content (AvgIpc) is 2.33. The Bertz CT molecular complexity index is 575. The molecule has 0 amide bonds. The van der Waals surface area contributed by atoms with Gasteiger partial charge >= 0.3 is 5.97 Å². The highest BCUT2D eigenvalue weighted by atomic mass is 32.2. The quantitative estimate of drug-likeness (QED) is 0.872. The Morgan fingerprint density at radius 3 is 2.15 bits per heavy atom. The van der Waals surface area contributed by atoms with Gasteiger partial charge in [0.05, 0.1) is 10.8 Å². The van der Waals surface area contributed by atoms with Gasteiger partial charge < -0.3 is 5.11 Å². The molecule has 0 aliphatic heterocycles. The van der Waals surface area contributed by atoms with Crippen LogP contribution in [0, 0.1) is 19.8 Å². The van der Waals surface area contributed by atoms with Crippen LogP contribution in [0.5, 0.6) is 0 Å². The van der Waals surface area contributed by atoms with Gasteiger partial charge in [-0.1, -0.05) is 19.9 Å². The second-order valence-electron chi connectivity index (χ2n) is 5.02. The molecule has 20 heavy (non-hydrogen) atoms. The van der Waals surface area contributed by atoms with Gasteiger partial charge in [-0.15, -0.1) is 0 Å². The van der Waals surface area contributed by atoms with Gasteiger partial charge in [0.15, 0.2) is 0 Å². The van der Waals surface area contributed by atoms with Crippen molar-refractivity contribution in [3.8, 4) is 0 Å². The van der Waals surface area contributed by atoms with Crippen LogP contribution >= 0.6 is 0 Å². The summed E-state index contributed by atoms with van der Waals surface area (Å²) in [7, 11) is -3.65. The maximum absolute atomic E-state index is 12.6. The molecule has 1 N–H and O–H groups in total. The molecule has 0 aromatic heterocycles. The molecule has 0 saturated heterocycles. The second-order valence-corrected chi connectivity index (χ2v) is 6.96. The maximum Gasteiger partial charge on any atom is 0.307 e. The number of hydrogen-bond donors (Lipinski definition) is 1. The summed E-state index contributed by atoms with van der Waals surface area (Å²) in [5, 5.41) is 8.93. The summed E-state index contributed by atoms with van der Waals surface area (Å²) in [6.45, 7) is 7.09. The van der Waals surface area contributed by atoms with Gasteiger partial charge in [-0.2, -0.15) is 4.31 Å². The molecule has 0 fully saturated rings. The fourth-order valence-corrected chi connectivity index (χ4v) is 3.74. The Balaban J connectivity index is 3.15. The first-order valence-electron chi connectivity index (χ1n) is 6.49. The SMILES string of the molecule is CCN(CC(C)C(=O)O)S(=O)(=O)c1cc(C)cc(C)c1. The van der Waals surface area contributed by atoms with E-state index in [0.717, 1.165) is 11.1 Å². The van der Waals surface area contributed by atoms with Gasteiger partial charge in [0, 0.05) is 13.1 Å². The lowest BCUT2D eigenvalue weighted by Gasteiger charge is -2.22. The molecule has 0 heterocycles. The van der Waals surface area contributed by atoms with Crippen molar-refractivity contribution in [3.05, 3.63) is 29.3 Å². The summed E-state index contributed by atoms with van der Waals surface area (Å²) in [5.41, 5.74) is 1.73. The van der Waals surface area contributed by atoms with E-state index in [4.69, 9.17) is 5.11 Å². The van der Waals surface area contributed by atoms with Crippen molar-refractivity contribution in [1.82, 2.24) is 4.31 Å². The van der Waals surface area contributed by atoms with Gasteiger partial charge in [0.1, 0.15) is 0 Å². The van der Waals surface area contributed by atoms with Crippen LogP contribution in [0.15, 0.2) is 23.1 Å². The molecule has 1 aromatic carbocycles. The fourth-order valence-electron chi connectivity index (χ4n) is 2.01. The molecule has 5 nitrogen and oxygen atoms in total. The van der Waals surface area contributed by atoms with Crippen molar-refractivity contribution in [2.75, 3.05) is 13.1 Å². The van der Waals surface area contributed by atoms with Crippen LogP contribution < -0.4 is 0 Å². The Morgan fingerprint density at radius 1 is 1.25 bits per heavy atom. The van der Waals surface area contributed by atoms with Crippen LogP contribution in [-0.4, -0.2) is 36.9 Å². The minimum absolute atomic E-state index is 0.0266. The molecule has 1 atom stereocenters. The van der Waals surface area contributed by atoms with E-state index in [1.807, 2.05) is 19.9 Å². The van der Waals surface area contributed by atoms with E-state index in [-0.39, 0.29) is 18.0 Å². The topological polar surface area (TPSA) is 74.7 Å². The largest absolute Gasteiger partial charge is 0.481 e. The number of aliphatic carboxylic acids is 1. The number of carboxylic acid groups (broad SMARTS) is 1. The Hall–Kier alpha value is -1.40. The van der Waals surface area contributed by atoms with Crippen molar-refractivity contribution in [3.63, 3.8) is 0 Å². The van der Waals surface area contributed by atoms with E-state index in [9.17, 15) is 13.2 Å². The van der Waals surface area contributed by atoms with Crippen molar-refractivity contribution in [1.29, 1.82) is 0 Å². The third-order valence-electron chi connectivity index (χ3n) is 3.08. The lowest BCUT2D eigenvalue weighted by atomic mass is 10.2. The molecule has 0 aliphatic rings. The molecule has 1 aromatic rings. The maximum atomic E-state index is 12.6. The highest BCUT2D eigenvalue weighted by Crippen LogP contribution is 2.20. The number of rotatable bonds is 6. The third-order valence-corrected chi connectivity index (χ3v) is 5.00. The van der Waals surface area contributed by atoms with E-state index in [0.29, 0.717) is 0 Å². The van der Waals surface area contributed by atoms with Crippen molar-refractivity contribution >= 4 is 16.0 Å². The zero-order valence-electron chi connectivity index (χ0n) is 12.3. The normalized spacial score (nSPS) is 13.4. The molecule has 0 aliphatic carbocycles. The molecule has 0 saturated carbocycles. The first-order valence-corrected chi connectivity index (χ1v) is 7.93. The van der Waals surface area contributed by atoms with E-state index in [2.05, 4.69) is 0 Å². The zero-order valence-corrected chi connectivity index (χ0v) is 13.1. The van der Waals surface area contributed by atoms with Gasteiger partial charge in [0.25, 0.3) is 0 Å². The zero-order chi connectivity index (χ0) is 15.5. The molecule has 0 spiro atoms. The third kappa shape index (κ3) is 3.80. The first kappa shape index (κ1) is 16.7. The van der Waals surface area contributed by atoms with Gasteiger partial charge in [-0.25, -0.2) is 8.42 Å². The average molecular weight is 299 g/mol. The molecule has 0 radical (unpaired) electrons. The monoisotopic (exact) mass is 299 g/mol. The summed E-state index contributed by atoms with van der Waals surface area (Å²) < 4.78 is 26.3. The number of carboxylic acids is 1. The number of hydrogen-bond acceptors (Lipinski definition) is 3. The molecular formula is C14H21NO4S. The number of nitrogens with zero attached hydrogens (tertiary/aromatic N) is 1. The number of sulfonamides is 1. The fraction of sp³-hybridized carbons (Fsp3) is 0.500. The van der Waals surface area contributed by atoms with Crippen LogP contribution in [0.1, 0.15) is 25.0 Å². The van der Waals surface area contributed by atoms with Gasteiger partial charge in [0.2, 0.25) is 10.0 Å². The van der Waals surface area contributed by atoms with E-state index in [1.165, 1.54) is 11.2 Å². The summed E-state index contributed by atoms with van der Waals surface area (Å²) in [6.07, 6.45) is 0. The van der Waals surface area contributed by atoms with E-state index in [1.54, 1.807) is 19.1 Å². The predicted octanol–water partition coefficient (Wildman–Crippen LogP) is 2.03. The van der Waals surface area contributed by atoms with Crippen LogP contribution in [0.25, 0.3) is 0 Å². The molecule has 1 unspecified atom stereocenters. The number of aryl methyl sites for hydroxylation is 2. The lowest BCUT2D eigenvalue weighted by molar-refractivity contribution is -0.141. The minimum Gasteiger partial charge on any atom is -0.481 e. The molecule has 6 heteroatoms. The van der Waals surface area contributed by atoms with Crippen LogP contribution in [0.4, 0.5) is 0 Å². The van der Waals surface area contributed by atoms with Crippen LogP contribution in [0.3, 0.4) is 0 Å². The summed E-state index contributed by atoms with van der Waals surface area (Å²) in [5.74, 6) is -1.74. The highest BCUT2D eigenvalue weighted by Gasteiger charge is 2.27. The summed E-state index contributed by atoms with van der Waals surface area (Å²) in [6, 6.07) is 5.11. The van der Waals surface area contributed by atoms with Crippen LogP contribution in [-0.2, 0) is 14.8 Å². The first-order chi connectivity index (χ1) is 9.18. The molecular weight excluding hydrogens is 278 g/mol.